The molecule has 6 heteroatoms. The molecule has 0 aliphatic carbocycles. The van der Waals surface area contributed by atoms with Gasteiger partial charge in [0.25, 0.3) is 0 Å². The van der Waals surface area contributed by atoms with Crippen LogP contribution in [0.1, 0.15) is 38.7 Å². The Morgan fingerprint density at radius 1 is 1.12 bits per heavy atom. The first-order valence-corrected chi connectivity index (χ1v) is 8.18. The van der Waals surface area contributed by atoms with E-state index >= 15 is 0 Å². The van der Waals surface area contributed by atoms with Crippen LogP contribution in [0.5, 0.6) is 0 Å². The summed E-state index contributed by atoms with van der Waals surface area (Å²) in [6, 6.07) is 11.0. The number of pyridine rings is 1. The Morgan fingerprint density at radius 2 is 1.85 bits per heavy atom. The number of carboxylic acid groups (broad SMARTS) is 1. The zero-order valence-corrected chi connectivity index (χ0v) is 14.7. The highest BCUT2D eigenvalue weighted by atomic mass is 35.5. The van der Waals surface area contributed by atoms with Crippen molar-refractivity contribution in [3.8, 4) is 11.8 Å². The molecular formula is C20H14ClN3O2. The van der Waals surface area contributed by atoms with E-state index in [0.29, 0.717) is 22.8 Å². The van der Waals surface area contributed by atoms with E-state index < -0.39 is 5.97 Å². The highest BCUT2D eigenvalue weighted by molar-refractivity contribution is 6.31. The maximum atomic E-state index is 11.3. The third kappa shape index (κ3) is 4.05. The predicted octanol–water partition coefficient (Wildman–Crippen LogP) is 3.52. The lowest BCUT2D eigenvalue weighted by molar-refractivity contribution is 0.0683. The van der Waals surface area contributed by atoms with E-state index in [1.807, 2.05) is 18.2 Å². The maximum Gasteiger partial charge on any atom is 0.373 e. The third-order valence-corrected chi connectivity index (χ3v) is 4.10. The van der Waals surface area contributed by atoms with Gasteiger partial charge in [0.1, 0.15) is 5.69 Å². The normalized spacial score (nSPS) is 10.1. The Kier molecular flexibility index (Phi) is 5.26. The number of halogens is 1. The first kappa shape index (κ1) is 17.6. The maximum absolute atomic E-state index is 11.3. The number of aromatic carboxylic acids is 1. The molecule has 2 aromatic heterocycles. The van der Waals surface area contributed by atoms with Crippen molar-refractivity contribution in [1.82, 2.24) is 15.0 Å². The van der Waals surface area contributed by atoms with Crippen LogP contribution in [0.2, 0.25) is 5.02 Å². The molecule has 0 amide bonds. The average molecular weight is 364 g/mol. The van der Waals surface area contributed by atoms with Crippen LogP contribution in [-0.4, -0.2) is 26.0 Å². The fourth-order valence-electron chi connectivity index (χ4n) is 2.41. The van der Waals surface area contributed by atoms with Gasteiger partial charge in [-0.1, -0.05) is 35.7 Å². The van der Waals surface area contributed by atoms with Crippen molar-refractivity contribution in [3.05, 3.63) is 87.7 Å². The molecule has 1 N–H and O–H groups in total. The molecule has 0 aliphatic rings. The largest absolute Gasteiger partial charge is 0.475 e. The van der Waals surface area contributed by atoms with Crippen molar-refractivity contribution >= 4 is 17.6 Å². The Hall–Kier alpha value is -3.23. The monoisotopic (exact) mass is 363 g/mol. The summed E-state index contributed by atoms with van der Waals surface area (Å²) in [5.41, 5.74) is 3.36. The van der Waals surface area contributed by atoms with Gasteiger partial charge < -0.3 is 5.11 Å². The van der Waals surface area contributed by atoms with Gasteiger partial charge in [-0.15, -0.1) is 0 Å². The Morgan fingerprint density at radius 3 is 2.54 bits per heavy atom. The number of hydrogen-bond donors (Lipinski definition) is 1. The lowest BCUT2D eigenvalue weighted by Gasteiger charge is -2.10. The molecule has 3 rings (SSSR count). The van der Waals surface area contributed by atoms with Crippen molar-refractivity contribution in [2.75, 3.05) is 0 Å². The molecule has 0 saturated heterocycles. The van der Waals surface area contributed by atoms with Gasteiger partial charge in [-0.2, -0.15) is 0 Å². The number of aromatic nitrogens is 3. The second-order valence-electron chi connectivity index (χ2n) is 5.52. The van der Waals surface area contributed by atoms with Gasteiger partial charge in [-0.05, 0) is 36.6 Å². The third-order valence-electron chi connectivity index (χ3n) is 3.74. The molecule has 0 saturated carbocycles. The highest BCUT2D eigenvalue weighted by Gasteiger charge is 2.16. The molecule has 0 atom stereocenters. The first-order valence-electron chi connectivity index (χ1n) is 7.81. The van der Waals surface area contributed by atoms with Crippen molar-refractivity contribution in [2.24, 2.45) is 0 Å². The van der Waals surface area contributed by atoms with Crippen molar-refractivity contribution in [3.63, 3.8) is 0 Å². The topological polar surface area (TPSA) is 76.0 Å². The van der Waals surface area contributed by atoms with Gasteiger partial charge in [0.2, 0.25) is 5.82 Å². The molecule has 5 nitrogen and oxygen atoms in total. The molecule has 0 radical (unpaired) electrons. The van der Waals surface area contributed by atoms with Crippen LogP contribution in [0.4, 0.5) is 0 Å². The van der Waals surface area contributed by atoms with Gasteiger partial charge in [0.15, 0.2) is 0 Å². The van der Waals surface area contributed by atoms with Crippen molar-refractivity contribution < 1.29 is 9.90 Å². The average Bonchev–Trinajstić information content (AvgIpc) is 2.64. The van der Waals surface area contributed by atoms with Crippen molar-refractivity contribution in [2.45, 2.75) is 13.3 Å². The lowest BCUT2D eigenvalue weighted by Crippen LogP contribution is -2.11. The van der Waals surface area contributed by atoms with Crippen LogP contribution in [0, 0.1) is 18.8 Å². The minimum Gasteiger partial charge on any atom is -0.475 e. The Labute approximate surface area is 155 Å². The minimum absolute atomic E-state index is 0.274. The van der Waals surface area contributed by atoms with Gasteiger partial charge in [0.05, 0.1) is 0 Å². The van der Waals surface area contributed by atoms with E-state index in [0.717, 1.165) is 16.7 Å². The number of benzene rings is 1. The van der Waals surface area contributed by atoms with Crippen LogP contribution in [-0.2, 0) is 6.42 Å². The predicted molar refractivity (Wildman–Crippen MR) is 98.2 cm³/mol. The summed E-state index contributed by atoms with van der Waals surface area (Å²) in [4.78, 5) is 23.5. The minimum atomic E-state index is -1.19. The number of carboxylic acids is 1. The molecule has 0 spiro atoms. The zero-order valence-electron chi connectivity index (χ0n) is 13.9. The van der Waals surface area contributed by atoms with E-state index in [1.165, 1.54) is 0 Å². The summed E-state index contributed by atoms with van der Waals surface area (Å²) < 4.78 is 0. The van der Waals surface area contributed by atoms with Crippen LogP contribution < -0.4 is 0 Å². The van der Waals surface area contributed by atoms with E-state index in [4.69, 9.17) is 11.6 Å². The molecular weight excluding hydrogens is 350 g/mol. The summed E-state index contributed by atoms with van der Waals surface area (Å²) >= 11 is 6.26. The van der Waals surface area contributed by atoms with E-state index in [-0.39, 0.29) is 5.82 Å². The lowest BCUT2D eigenvalue weighted by atomic mass is 10.0. The highest BCUT2D eigenvalue weighted by Crippen LogP contribution is 2.22. The molecule has 1 aromatic carbocycles. The fraction of sp³-hybridized carbons (Fsp3) is 0.100. The van der Waals surface area contributed by atoms with Gasteiger partial charge >= 0.3 is 5.97 Å². The van der Waals surface area contributed by atoms with E-state index in [9.17, 15) is 9.90 Å². The van der Waals surface area contributed by atoms with Gasteiger partial charge in [-0.25, -0.2) is 14.8 Å². The quantitative estimate of drug-likeness (QED) is 0.720. The Balaban J connectivity index is 2.09. The number of carbonyl (C=O) groups is 1. The summed E-state index contributed by atoms with van der Waals surface area (Å²) in [5.74, 6) is 4.49. The van der Waals surface area contributed by atoms with Crippen molar-refractivity contribution in [1.29, 1.82) is 0 Å². The fourth-order valence-corrected chi connectivity index (χ4v) is 2.61. The van der Waals surface area contributed by atoms with E-state index in [2.05, 4.69) is 26.8 Å². The molecule has 2 heterocycles. The SMILES string of the molecule is Cc1nc(C(=O)O)nc(C#Cc2ccncc2)c1Cc1ccccc1Cl. The van der Waals surface area contributed by atoms with Gasteiger partial charge in [-0.3, -0.25) is 4.98 Å². The molecule has 0 aliphatic heterocycles. The Bertz CT molecular complexity index is 1020. The van der Waals surface area contributed by atoms with Crippen LogP contribution >= 0.6 is 11.6 Å². The van der Waals surface area contributed by atoms with Crippen LogP contribution in [0.25, 0.3) is 0 Å². The standard InChI is InChI=1S/C20H14ClN3O2/c1-13-16(12-15-4-2-3-5-17(15)21)18(24-19(23-13)20(25)26)7-6-14-8-10-22-11-9-14/h2-5,8-11H,12H2,1H3,(H,25,26). The smallest absolute Gasteiger partial charge is 0.373 e. The molecule has 0 unspecified atom stereocenters. The molecule has 26 heavy (non-hydrogen) atoms. The summed E-state index contributed by atoms with van der Waals surface area (Å²) in [6.07, 6.45) is 3.75. The van der Waals surface area contributed by atoms with Crippen LogP contribution in [0.15, 0.2) is 48.8 Å². The molecule has 0 bridgehead atoms. The first-order chi connectivity index (χ1) is 12.5. The number of rotatable bonds is 3. The van der Waals surface area contributed by atoms with Gasteiger partial charge in [0, 0.05) is 40.7 Å². The summed E-state index contributed by atoms with van der Waals surface area (Å²) in [5, 5.41) is 9.87. The number of aryl methyl sites for hydroxylation is 1. The summed E-state index contributed by atoms with van der Waals surface area (Å²) in [7, 11) is 0. The van der Waals surface area contributed by atoms with Crippen LogP contribution in [0.3, 0.4) is 0 Å². The molecule has 3 aromatic rings. The number of hydrogen-bond acceptors (Lipinski definition) is 4. The second kappa shape index (κ2) is 7.77. The zero-order chi connectivity index (χ0) is 18.5. The van der Waals surface area contributed by atoms with E-state index in [1.54, 1.807) is 37.5 Å². The molecule has 128 valence electrons. The second-order valence-corrected chi connectivity index (χ2v) is 5.93. The number of nitrogens with zero attached hydrogens (tertiary/aromatic N) is 3. The molecule has 0 fully saturated rings. The summed E-state index contributed by atoms with van der Waals surface area (Å²) in [6.45, 7) is 1.75.